The van der Waals surface area contributed by atoms with Crippen molar-refractivity contribution in [2.75, 3.05) is 5.32 Å². The van der Waals surface area contributed by atoms with Crippen molar-refractivity contribution in [1.29, 1.82) is 0 Å². The third-order valence-electron chi connectivity index (χ3n) is 2.60. The van der Waals surface area contributed by atoms with E-state index in [1.165, 1.54) is 30.5 Å². The van der Waals surface area contributed by atoms with Crippen LogP contribution in [0.25, 0.3) is 0 Å². The summed E-state index contributed by atoms with van der Waals surface area (Å²) >= 11 is 0. The molecule has 1 heterocycles. The molecule has 0 aliphatic heterocycles. The summed E-state index contributed by atoms with van der Waals surface area (Å²) < 4.78 is 13.4. The zero-order chi connectivity index (χ0) is 14.7. The Labute approximate surface area is 113 Å². The Balaban J connectivity index is 2.33. The number of hydrogen-bond donors (Lipinski definition) is 1. The minimum absolute atomic E-state index is 0.00820. The van der Waals surface area contributed by atoms with E-state index in [0.29, 0.717) is 5.56 Å². The fourth-order valence-electron chi connectivity index (χ4n) is 1.64. The third-order valence-corrected chi connectivity index (χ3v) is 2.60. The van der Waals surface area contributed by atoms with Crippen LogP contribution in [0.3, 0.4) is 0 Å². The van der Waals surface area contributed by atoms with Crippen LogP contribution in [0.15, 0.2) is 36.5 Å². The highest BCUT2D eigenvalue weighted by Crippen LogP contribution is 2.25. The minimum Gasteiger partial charge on any atom is -0.316 e. The summed E-state index contributed by atoms with van der Waals surface area (Å²) in [4.78, 5) is 25.6. The lowest BCUT2D eigenvalue weighted by molar-refractivity contribution is -0.384. The number of anilines is 1. The van der Waals surface area contributed by atoms with Crippen LogP contribution in [0, 0.1) is 23.0 Å². The Hall–Kier alpha value is -2.83. The summed E-state index contributed by atoms with van der Waals surface area (Å²) in [6.45, 7) is 1.69. The van der Waals surface area contributed by atoms with Gasteiger partial charge in [-0.15, -0.1) is 0 Å². The highest BCUT2D eigenvalue weighted by Gasteiger charge is 2.18. The first-order valence-electron chi connectivity index (χ1n) is 5.66. The lowest BCUT2D eigenvalue weighted by Crippen LogP contribution is -2.15. The topological polar surface area (TPSA) is 85.1 Å². The number of nitro groups is 1. The van der Waals surface area contributed by atoms with Gasteiger partial charge in [0.25, 0.3) is 11.6 Å². The van der Waals surface area contributed by atoms with Crippen LogP contribution in [0.1, 0.15) is 15.9 Å². The van der Waals surface area contributed by atoms with E-state index in [1.54, 1.807) is 13.0 Å². The first-order chi connectivity index (χ1) is 9.49. The van der Waals surface area contributed by atoms with Gasteiger partial charge in [0.2, 0.25) is 5.95 Å². The number of nitrogens with one attached hydrogen (secondary N) is 1. The van der Waals surface area contributed by atoms with E-state index in [4.69, 9.17) is 0 Å². The number of aromatic nitrogens is 1. The first kappa shape index (κ1) is 13.6. The fraction of sp³-hybridized carbons (Fsp3) is 0.0769. The van der Waals surface area contributed by atoms with E-state index in [2.05, 4.69) is 10.3 Å². The van der Waals surface area contributed by atoms with Crippen molar-refractivity contribution in [2.24, 2.45) is 0 Å². The zero-order valence-corrected chi connectivity index (χ0v) is 10.5. The molecule has 20 heavy (non-hydrogen) atoms. The molecule has 0 aliphatic carbocycles. The normalized spacial score (nSPS) is 10.1. The largest absolute Gasteiger partial charge is 0.316 e. The molecular formula is C13H10FN3O3. The Morgan fingerprint density at radius 1 is 1.40 bits per heavy atom. The number of carbonyl (C=O) groups excluding carboxylic acids is 1. The smallest absolute Gasteiger partial charge is 0.293 e. The van der Waals surface area contributed by atoms with Gasteiger partial charge in [-0.3, -0.25) is 14.9 Å². The maximum absolute atomic E-state index is 13.4. The minimum atomic E-state index is -0.931. The molecule has 102 valence electrons. The maximum atomic E-state index is 13.4. The molecule has 6 nitrogen and oxygen atoms in total. The van der Waals surface area contributed by atoms with E-state index in [-0.39, 0.29) is 16.9 Å². The van der Waals surface area contributed by atoms with Gasteiger partial charge in [0.1, 0.15) is 5.69 Å². The molecule has 0 unspecified atom stereocenters. The van der Waals surface area contributed by atoms with E-state index in [1.807, 2.05) is 0 Å². The number of carbonyl (C=O) groups is 1. The lowest BCUT2D eigenvalue weighted by atomic mass is 10.2. The maximum Gasteiger partial charge on any atom is 0.293 e. The van der Waals surface area contributed by atoms with Crippen LogP contribution in [0.5, 0.6) is 0 Å². The van der Waals surface area contributed by atoms with Gasteiger partial charge in [-0.2, -0.15) is 4.39 Å². The molecule has 1 aromatic heterocycles. The van der Waals surface area contributed by atoms with Crippen molar-refractivity contribution < 1.29 is 14.1 Å². The molecule has 7 heteroatoms. The highest BCUT2D eigenvalue weighted by molar-refractivity contribution is 6.05. The summed E-state index contributed by atoms with van der Waals surface area (Å²) in [5, 5.41) is 13.2. The second kappa shape index (κ2) is 5.43. The van der Waals surface area contributed by atoms with Crippen LogP contribution in [0.4, 0.5) is 15.8 Å². The molecule has 0 bridgehead atoms. The molecule has 0 aliphatic rings. The molecule has 1 N–H and O–H groups in total. The number of nitro benzene ring substituents is 1. The van der Waals surface area contributed by atoms with Gasteiger partial charge in [0.05, 0.1) is 10.5 Å². The molecule has 0 saturated carbocycles. The Morgan fingerprint density at radius 2 is 2.15 bits per heavy atom. The summed E-state index contributed by atoms with van der Waals surface area (Å²) in [7, 11) is 0. The molecule has 0 radical (unpaired) electrons. The number of amides is 1. The van der Waals surface area contributed by atoms with Crippen molar-refractivity contribution in [1.82, 2.24) is 4.98 Å². The predicted octanol–water partition coefficient (Wildman–Crippen LogP) is 2.69. The highest BCUT2D eigenvalue weighted by atomic mass is 19.1. The van der Waals surface area contributed by atoms with Crippen molar-refractivity contribution in [3.05, 3.63) is 63.7 Å². The summed E-state index contributed by atoms with van der Waals surface area (Å²) in [6.07, 6.45) is 1.21. The Bertz CT molecular complexity index is 688. The van der Waals surface area contributed by atoms with Crippen molar-refractivity contribution in [3.8, 4) is 0 Å². The quantitative estimate of drug-likeness (QED) is 0.530. The second-order valence-electron chi connectivity index (χ2n) is 4.07. The molecule has 2 aromatic rings. The number of hydrogen-bond acceptors (Lipinski definition) is 4. The average Bonchev–Trinajstić information content (AvgIpc) is 2.41. The second-order valence-corrected chi connectivity index (χ2v) is 4.07. The van der Waals surface area contributed by atoms with Crippen molar-refractivity contribution in [2.45, 2.75) is 6.92 Å². The van der Waals surface area contributed by atoms with Crippen molar-refractivity contribution >= 4 is 17.3 Å². The van der Waals surface area contributed by atoms with E-state index in [9.17, 15) is 19.3 Å². The van der Waals surface area contributed by atoms with Gasteiger partial charge in [0, 0.05) is 12.3 Å². The van der Waals surface area contributed by atoms with Gasteiger partial charge in [-0.05, 0) is 30.7 Å². The molecule has 1 amide bonds. The number of pyridine rings is 1. The van der Waals surface area contributed by atoms with Crippen molar-refractivity contribution in [3.63, 3.8) is 0 Å². The third kappa shape index (κ3) is 2.77. The van der Waals surface area contributed by atoms with Gasteiger partial charge in [-0.25, -0.2) is 4.98 Å². The van der Waals surface area contributed by atoms with Crippen LogP contribution in [-0.2, 0) is 0 Å². The van der Waals surface area contributed by atoms with Crippen LogP contribution >= 0.6 is 0 Å². The predicted molar refractivity (Wildman–Crippen MR) is 70.0 cm³/mol. The molecule has 0 atom stereocenters. The van der Waals surface area contributed by atoms with Crippen LogP contribution in [-0.4, -0.2) is 15.8 Å². The number of benzene rings is 1. The summed E-state index contributed by atoms with van der Waals surface area (Å²) in [5.74, 6) is -1.72. The van der Waals surface area contributed by atoms with Crippen LogP contribution in [0.2, 0.25) is 0 Å². The zero-order valence-electron chi connectivity index (χ0n) is 10.5. The molecule has 0 spiro atoms. The monoisotopic (exact) mass is 275 g/mol. The van der Waals surface area contributed by atoms with Gasteiger partial charge < -0.3 is 5.32 Å². The number of aryl methyl sites for hydroxylation is 1. The van der Waals surface area contributed by atoms with E-state index < -0.39 is 16.8 Å². The standard InChI is InChI=1S/C13H10FN3O3/c1-8-4-5-10(11(7-8)17(19)20)16-13(18)9-3-2-6-15-12(9)14/h2-7H,1H3,(H,16,18). The average molecular weight is 275 g/mol. The number of rotatable bonds is 3. The summed E-state index contributed by atoms with van der Waals surface area (Å²) in [6, 6.07) is 7.00. The van der Waals surface area contributed by atoms with Gasteiger partial charge >= 0.3 is 0 Å². The lowest BCUT2D eigenvalue weighted by Gasteiger charge is -2.07. The summed E-state index contributed by atoms with van der Waals surface area (Å²) in [5.41, 5.74) is 0.168. The van der Waals surface area contributed by atoms with E-state index in [0.717, 1.165) is 0 Å². The van der Waals surface area contributed by atoms with Gasteiger partial charge in [-0.1, -0.05) is 6.07 Å². The Kier molecular flexibility index (Phi) is 3.69. The molecule has 1 aromatic carbocycles. The first-order valence-corrected chi connectivity index (χ1v) is 5.66. The fourth-order valence-corrected chi connectivity index (χ4v) is 1.64. The molecule has 2 rings (SSSR count). The number of nitrogens with zero attached hydrogens (tertiary/aromatic N) is 2. The molecule has 0 saturated heterocycles. The molecule has 0 fully saturated rings. The van der Waals surface area contributed by atoms with Crippen LogP contribution < -0.4 is 5.32 Å². The Morgan fingerprint density at radius 3 is 2.80 bits per heavy atom. The van der Waals surface area contributed by atoms with Gasteiger partial charge in [0.15, 0.2) is 0 Å². The number of halogens is 1. The SMILES string of the molecule is Cc1ccc(NC(=O)c2cccnc2F)c([N+](=O)[O-])c1. The van der Waals surface area contributed by atoms with E-state index >= 15 is 0 Å². The molecular weight excluding hydrogens is 265 g/mol.